The van der Waals surface area contributed by atoms with Crippen LogP contribution >= 0.6 is 0 Å². The second-order valence-corrected chi connectivity index (χ2v) is 2.23. The number of ether oxygens (including phenoxy) is 1. The Labute approximate surface area is 87.2 Å². The minimum absolute atomic E-state index is 0.0802. The summed E-state index contributed by atoms with van der Waals surface area (Å²) in [7, 11) is 0. The van der Waals surface area contributed by atoms with Gasteiger partial charge in [0.25, 0.3) is 0 Å². The van der Waals surface area contributed by atoms with Gasteiger partial charge in [0, 0.05) is 19.1 Å². The molecule has 0 aliphatic carbocycles. The van der Waals surface area contributed by atoms with Gasteiger partial charge in [0.2, 0.25) is 0 Å². The molecule has 0 aromatic heterocycles. The molecule has 86 valence electrons. The Morgan fingerprint density at radius 3 is 2.13 bits per heavy atom. The first-order valence-electron chi connectivity index (χ1n) is 4.12. The summed E-state index contributed by atoms with van der Waals surface area (Å²) in [6, 6.07) is 0. The van der Waals surface area contributed by atoms with Gasteiger partial charge in [0.05, 0.1) is 0 Å². The van der Waals surface area contributed by atoms with Gasteiger partial charge in [-0.15, -0.1) is 0 Å². The molecule has 0 bridgehead atoms. The number of aliphatic carboxylic acids is 2. The van der Waals surface area contributed by atoms with Gasteiger partial charge in [-0.25, -0.2) is 9.59 Å². The van der Waals surface area contributed by atoms with Crippen LogP contribution in [0.25, 0.3) is 0 Å². The maximum Gasteiger partial charge on any atom is 0.333 e. The fourth-order valence-electron chi connectivity index (χ4n) is 0.529. The lowest BCUT2D eigenvalue weighted by Gasteiger charge is -2.06. The van der Waals surface area contributed by atoms with Crippen molar-refractivity contribution < 1.29 is 29.3 Å². The molecule has 0 aliphatic heterocycles. The van der Waals surface area contributed by atoms with E-state index >= 15 is 0 Å². The summed E-state index contributed by atoms with van der Waals surface area (Å²) >= 11 is 0. The Morgan fingerprint density at radius 1 is 1.47 bits per heavy atom. The highest BCUT2D eigenvalue weighted by Gasteiger charge is 2.15. The van der Waals surface area contributed by atoms with Gasteiger partial charge in [0.1, 0.15) is 6.29 Å². The quantitative estimate of drug-likeness (QED) is 0.492. The Bertz CT molecular complexity index is 223. The molecule has 0 amide bonds. The molecule has 2 N–H and O–H groups in total. The molecule has 1 atom stereocenters. The topological polar surface area (TPSA) is 101 Å². The zero-order valence-electron chi connectivity index (χ0n) is 8.38. The number of aldehydes is 1. The summed E-state index contributed by atoms with van der Waals surface area (Å²) in [5.74, 6) is -2.07. The summed E-state index contributed by atoms with van der Waals surface area (Å²) in [4.78, 5) is 29.3. The molecule has 15 heavy (non-hydrogen) atoms. The number of rotatable bonds is 6. The van der Waals surface area contributed by atoms with Crippen LogP contribution in [0, 0.1) is 0 Å². The molecular formula is C9H14O6. The van der Waals surface area contributed by atoms with Crippen molar-refractivity contribution in [3.63, 3.8) is 0 Å². The normalized spacial score (nSPS) is 10.5. The van der Waals surface area contributed by atoms with E-state index in [0.29, 0.717) is 12.9 Å². The standard InChI is InChI=1S/C6H10O4.C3H4O2/c1-2-10-5(3-4-7)6(8)9;1-2-3(4)5/h4-5H,2-3H2,1H3,(H,8,9);2H,1H2,(H,4,5). The molecule has 6 heteroatoms. The molecular weight excluding hydrogens is 204 g/mol. The van der Waals surface area contributed by atoms with Crippen molar-refractivity contribution in [2.75, 3.05) is 6.61 Å². The summed E-state index contributed by atoms with van der Waals surface area (Å²) in [5, 5.41) is 16.0. The number of carboxylic acids is 2. The Kier molecular flexibility index (Phi) is 10.9. The third-order valence-electron chi connectivity index (χ3n) is 1.13. The maximum absolute atomic E-state index is 10.2. The van der Waals surface area contributed by atoms with Gasteiger partial charge in [-0.2, -0.15) is 0 Å². The predicted molar refractivity (Wildman–Crippen MR) is 51.6 cm³/mol. The van der Waals surface area contributed by atoms with Gasteiger partial charge in [-0.05, 0) is 6.92 Å². The molecule has 0 radical (unpaired) electrons. The van der Waals surface area contributed by atoms with E-state index in [2.05, 4.69) is 6.58 Å². The summed E-state index contributed by atoms with van der Waals surface area (Å²) in [6.45, 7) is 4.95. The second-order valence-electron chi connectivity index (χ2n) is 2.23. The fourth-order valence-corrected chi connectivity index (χ4v) is 0.529. The number of carbonyl (C=O) groups excluding carboxylic acids is 1. The van der Waals surface area contributed by atoms with E-state index in [9.17, 15) is 14.4 Å². The van der Waals surface area contributed by atoms with Crippen molar-refractivity contribution in [3.05, 3.63) is 12.7 Å². The third kappa shape index (κ3) is 12.3. The summed E-state index contributed by atoms with van der Waals surface area (Å²) in [6.07, 6.45) is 0.319. The molecule has 0 heterocycles. The Balaban J connectivity index is 0. The molecule has 0 saturated heterocycles. The van der Waals surface area contributed by atoms with Crippen LogP contribution in [0.3, 0.4) is 0 Å². The molecule has 0 saturated carbocycles. The molecule has 0 aliphatic rings. The first kappa shape index (κ1) is 15.8. The van der Waals surface area contributed by atoms with Crippen molar-refractivity contribution >= 4 is 18.2 Å². The van der Waals surface area contributed by atoms with E-state index in [0.717, 1.165) is 6.08 Å². The minimum atomic E-state index is -1.09. The van der Waals surface area contributed by atoms with Gasteiger partial charge in [-0.3, -0.25) is 0 Å². The zero-order valence-corrected chi connectivity index (χ0v) is 8.38. The zero-order chi connectivity index (χ0) is 12.3. The van der Waals surface area contributed by atoms with Crippen molar-refractivity contribution in [1.29, 1.82) is 0 Å². The smallest absolute Gasteiger partial charge is 0.333 e. The fraction of sp³-hybridized carbons (Fsp3) is 0.444. The lowest BCUT2D eigenvalue weighted by molar-refractivity contribution is -0.151. The Hall–Kier alpha value is -1.69. The number of carboxylic acid groups (broad SMARTS) is 2. The van der Waals surface area contributed by atoms with E-state index < -0.39 is 18.0 Å². The lowest BCUT2D eigenvalue weighted by atomic mass is 10.3. The highest BCUT2D eigenvalue weighted by molar-refractivity contribution is 5.78. The van der Waals surface area contributed by atoms with E-state index in [-0.39, 0.29) is 6.42 Å². The first-order chi connectivity index (χ1) is 6.99. The molecule has 1 unspecified atom stereocenters. The highest BCUT2D eigenvalue weighted by atomic mass is 16.5. The van der Waals surface area contributed by atoms with Crippen molar-refractivity contribution in [3.8, 4) is 0 Å². The van der Waals surface area contributed by atoms with Crippen molar-refractivity contribution in [2.24, 2.45) is 0 Å². The monoisotopic (exact) mass is 218 g/mol. The molecule has 0 rings (SSSR count). The van der Waals surface area contributed by atoms with Crippen LogP contribution in [0.4, 0.5) is 0 Å². The predicted octanol–water partition coefficient (Wildman–Crippen LogP) is 0.322. The molecule has 0 aromatic carbocycles. The van der Waals surface area contributed by atoms with Gasteiger partial charge in [-0.1, -0.05) is 6.58 Å². The second kappa shape index (κ2) is 10.4. The number of hydrogen-bond acceptors (Lipinski definition) is 4. The van der Waals surface area contributed by atoms with Crippen molar-refractivity contribution in [1.82, 2.24) is 0 Å². The average Bonchev–Trinajstić information content (AvgIpc) is 2.18. The van der Waals surface area contributed by atoms with E-state index in [1.165, 1.54) is 0 Å². The van der Waals surface area contributed by atoms with Crippen molar-refractivity contribution in [2.45, 2.75) is 19.4 Å². The van der Waals surface area contributed by atoms with Crippen LogP contribution in [-0.2, 0) is 19.1 Å². The van der Waals surface area contributed by atoms with E-state index in [4.69, 9.17) is 14.9 Å². The van der Waals surface area contributed by atoms with Crippen LogP contribution in [-0.4, -0.2) is 41.1 Å². The van der Waals surface area contributed by atoms with Crippen LogP contribution in [0.5, 0.6) is 0 Å². The summed E-state index contributed by atoms with van der Waals surface area (Å²) < 4.78 is 4.71. The molecule has 0 aromatic rings. The SMILES string of the molecule is C=CC(=O)O.CCOC(CC=O)C(=O)O. The Morgan fingerprint density at radius 2 is 1.93 bits per heavy atom. The van der Waals surface area contributed by atoms with Crippen LogP contribution in [0.2, 0.25) is 0 Å². The van der Waals surface area contributed by atoms with Crippen LogP contribution < -0.4 is 0 Å². The molecule has 0 spiro atoms. The van der Waals surface area contributed by atoms with E-state index in [1.54, 1.807) is 6.92 Å². The summed E-state index contributed by atoms with van der Waals surface area (Å²) in [5.41, 5.74) is 0. The molecule has 6 nitrogen and oxygen atoms in total. The third-order valence-corrected chi connectivity index (χ3v) is 1.13. The molecule has 0 fully saturated rings. The van der Waals surface area contributed by atoms with Crippen LogP contribution in [0.1, 0.15) is 13.3 Å². The number of hydrogen-bond donors (Lipinski definition) is 2. The largest absolute Gasteiger partial charge is 0.479 e. The lowest BCUT2D eigenvalue weighted by Crippen LogP contribution is -2.24. The van der Waals surface area contributed by atoms with Crippen LogP contribution in [0.15, 0.2) is 12.7 Å². The van der Waals surface area contributed by atoms with Gasteiger partial charge < -0.3 is 19.7 Å². The highest BCUT2D eigenvalue weighted by Crippen LogP contribution is 1.95. The van der Waals surface area contributed by atoms with E-state index in [1.807, 2.05) is 0 Å². The first-order valence-corrected chi connectivity index (χ1v) is 4.12. The number of carbonyl (C=O) groups is 3. The average molecular weight is 218 g/mol. The van der Waals surface area contributed by atoms with Gasteiger partial charge >= 0.3 is 11.9 Å². The minimum Gasteiger partial charge on any atom is -0.479 e. The maximum atomic E-state index is 10.2. The van der Waals surface area contributed by atoms with Gasteiger partial charge in [0.15, 0.2) is 6.10 Å².